The average molecular weight is 649 g/mol. The van der Waals surface area contributed by atoms with Gasteiger partial charge in [0.1, 0.15) is 40.5 Å². The summed E-state index contributed by atoms with van der Waals surface area (Å²) in [6.07, 6.45) is 6.51. The minimum atomic E-state index is -0.767. The quantitative estimate of drug-likeness (QED) is 0.183. The van der Waals surface area contributed by atoms with Crippen molar-refractivity contribution in [2.24, 2.45) is 7.05 Å². The van der Waals surface area contributed by atoms with E-state index in [1.807, 2.05) is 12.1 Å². The highest BCUT2D eigenvalue weighted by Crippen LogP contribution is 2.43. The van der Waals surface area contributed by atoms with Crippen molar-refractivity contribution >= 4 is 34.0 Å². The zero-order chi connectivity index (χ0) is 32.8. The van der Waals surface area contributed by atoms with Crippen LogP contribution in [0.3, 0.4) is 0 Å². The van der Waals surface area contributed by atoms with Gasteiger partial charge in [-0.15, -0.1) is 0 Å². The molecule has 1 saturated carbocycles. The number of imidazole rings is 1. The van der Waals surface area contributed by atoms with Crippen molar-refractivity contribution in [3.63, 3.8) is 0 Å². The molecule has 1 aliphatic rings. The highest BCUT2D eigenvalue weighted by atomic mass is 35.5. The molecule has 234 valence electrons. The first-order valence-corrected chi connectivity index (χ1v) is 15.0. The lowest BCUT2D eigenvalue weighted by Crippen LogP contribution is -2.06. The fourth-order valence-corrected chi connectivity index (χ4v) is 5.86. The molecule has 0 bridgehead atoms. The smallest absolute Gasteiger partial charge is 0.153 e. The predicted octanol–water partition coefficient (Wildman–Crippen LogP) is 6.66. The molecular weight excluding hydrogens is 623 g/mol. The van der Waals surface area contributed by atoms with E-state index in [-0.39, 0.29) is 28.0 Å². The number of methoxy groups -OCH3 is 2. The number of nitriles is 2. The van der Waals surface area contributed by atoms with Gasteiger partial charge in [0.25, 0.3) is 0 Å². The van der Waals surface area contributed by atoms with Gasteiger partial charge in [0.05, 0.1) is 71.9 Å². The van der Waals surface area contributed by atoms with Gasteiger partial charge in [-0.3, -0.25) is 9.08 Å². The Morgan fingerprint density at radius 2 is 1.89 bits per heavy atom. The van der Waals surface area contributed by atoms with Crippen LogP contribution >= 0.6 is 11.6 Å². The molecule has 1 N–H and O–H groups in total. The van der Waals surface area contributed by atoms with Gasteiger partial charge >= 0.3 is 0 Å². The van der Waals surface area contributed by atoms with Crippen molar-refractivity contribution in [3.8, 4) is 51.8 Å². The average Bonchev–Trinajstić information content (AvgIpc) is 3.61. The monoisotopic (exact) mass is 648 g/mol. The van der Waals surface area contributed by atoms with Gasteiger partial charge in [0, 0.05) is 36.9 Å². The molecule has 0 amide bonds. The summed E-state index contributed by atoms with van der Waals surface area (Å²) in [5.74, 6) is 1.29. The van der Waals surface area contributed by atoms with Gasteiger partial charge in [0.2, 0.25) is 0 Å². The maximum absolute atomic E-state index is 15.9. The zero-order valence-corrected chi connectivity index (χ0v) is 26.3. The van der Waals surface area contributed by atoms with Crippen LogP contribution in [0.15, 0.2) is 55.1 Å². The summed E-state index contributed by atoms with van der Waals surface area (Å²) in [5, 5.41) is 28.1. The van der Waals surface area contributed by atoms with E-state index in [2.05, 4.69) is 27.5 Å². The van der Waals surface area contributed by atoms with Gasteiger partial charge in [-0.25, -0.2) is 14.4 Å². The number of ether oxygens (including phenoxy) is 3. The van der Waals surface area contributed by atoms with E-state index in [0.717, 1.165) is 18.4 Å². The van der Waals surface area contributed by atoms with Crippen molar-refractivity contribution in [3.05, 3.63) is 82.6 Å². The van der Waals surface area contributed by atoms with Crippen LogP contribution in [0.4, 0.5) is 10.2 Å². The maximum atomic E-state index is 15.9. The van der Waals surface area contributed by atoms with E-state index in [9.17, 15) is 10.5 Å². The van der Waals surface area contributed by atoms with Crippen LogP contribution in [-0.2, 0) is 13.6 Å². The van der Waals surface area contributed by atoms with Crippen LogP contribution in [0.5, 0.6) is 17.2 Å². The molecule has 0 spiro atoms. The third kappa shape index (κ3) is 5.19. The zero-order valence-electron chi connectivity index (χ0n) is 25.5. The van der Waals surface area contributed by atoms with E-state index in [0.29, 0.717) is 62.8 Å². The number of halogens is 2. The van der Waals surface area contributed by atoms with Crippen molar-refractivity contribution in [1.29, 1.82) is 10.5 Å². The van der Waals surface area contributed by atoms with Gasteiger partial charge in [-0.05, 0) is 42.7 Å². The summed E-state index contributed by atoms with van der Waals surface area (Å²) in [5.41, 5.74) is 4.20. The van der Waals surface area contributed by atoms with Crippen LogP contribution in [0.1, 0.15) is 29.5 Å². The number of nitrogens with one attached hydrogen (secondary N) is 1. The Bertz CT molecular complexity index is 2300. The van der Waals surface area contributed by atoms with E-state index in [1.54, 1.807) is 62.6 Å². The Kier molecular flexibility index (Phi) is 7.51. The molecule has 1 fully saturated rings. The first-order valence-electron chi connectivity index (χ1n) is 14.6. The van der Waals surface area contributed by atoms with Crippen molar-refractivity contribution in [2.75, 3.05) is 19.5 Å². The van der Waals surface area contributed by atoms with Crippen LogP contribution in [0.25, 0.3) is 38.9 Å². The number of anilines is 1. The number of hydrogen-bond acceptors (Lipinski definition) is 9. The fourth-order valence-electron chi connectivity index (χ4n) is 5.67. The Morgan fingerprint density at radius 1 is 1.06 bits per heavy atom. The van der Waals surface area contributed by atoms with Crippen molar-refractivity contribution in [2.45, 2.75) is 25.5 Å². The lowest BCUT2D eigenvalue weighted by Gasteiger charge is -2.16. The minimum absolute atomic E-state index is 0.0173. The molecular formula is C34H26ClFN8O3. The van der Waals surface area contributed by atoms with Gasteiger partial charge in [0.15, 0.2) is 11.6 Å². The Morgan fingerprint density at radius 3 is 2.62 bits per heavy atom. The SMILES string of the molecule is COc1ccc(CNc2nc3cc(-c4cnn(C)c4-c4c(F)c(Cl)cc(OC5CC5)c4C#N)cc(C#N)c3n3cncc23)c(OC)c1. The summed E-state index contributed by atoms with van der Waals surface area (Å²) in [6, 6.07) is 14.8. The fraction of sp³-hybridized carbons (Fsp3) is 0.206. The van der Waals surface area contributed by atoms with E-state index in [1.165, 1.54) is 10.7 Å². The van der Waals surface area contributed by atoms with Crippen molar-refractivity contribution < 1.29 is 18.6 Å². The molecule has 47 heavy (non-hydrogen) atoms. The van der Waals surface area contributed by atoms with E-state index >= 15 is 4.39 Å². The van der Waals surface area contributed by atoms with Gasteiger partial charge in [-0.2, -0.15) is 15.6 Å². The molecule has 3 aromatic carbocycles. The van der Waals surface area contributed by atoms with Crippen LogP contribution in [0.2, 0.25) is 5.02 Å². The molecule has 6 aromatic rings. The van der Waals surface area contributed by atoms with Crippen LogP contribution in [-0.4, -0.2) is 44.5 Å². The lowest BCUT2D eigenvalue weighted by molar-refractivity contribution is 0.302. The number of nitrogens with zero attached hydrogens (tertiary/aromatic N) is 7. The van der Waals surface area contributed by atoms with Crippen LogP contribution in [0, 0.1) is 28.5 Å². The molecule has 11 nitrogen and oxygen atoms in total. The number of hydrogen-bond donors (Lipinski definition) is 1. The van der Waals surface area contributed by atoms with Crippen molar-refractivity contribution in [1.82, 2.24) is 24.1 Å². The highest BCUT2D eigenvalue weighted by molar-refractivity contribution is 6.31. The molecule has 0 aliphatic heterocycles. The Labute approximate surface area is 273 Å². The number of fused-ring (bicyclic) bond motifs is 3. The first kappa shape index (κ1) is 29.8. The third-order valence-electron chi connectivity index (χ3n) is 8.10. The highest BCUT2D eigenvalue weighted by Gasteiger charge is 2.30. The van der Waals surface area contributed by atoms with E-state index < -0.39 is 5.82 Å². The summed E-state index contributed by atoms with van der Waals surface area (Å²) < 4.78 is 36.0. The number of benzene rings is 3. The van der Waals surface area contributed by atoms with Gasteiger partial charge < -0.3 is 19.5 Å². The molecule has 13 heteroatoms. The standard InChI is InChI=1S/C34H26ClFN8O3/c1-43-33(30-23(13-38)29(47-21-6-7-21)11-25(35)31(30)36)24(15-41-43)19-8-20(12-37)32-26(9-19)42-34(27-16-39-17-44(27)32)40-14-18-4-5-22(45-2)10-28(18)46-3/h4-5,8-11,15-17,21H,6-7,14H2,1-3H3,(H,40,42). The predicted molar refractivity (Wildman–Crippen MR) is 173 cm³/mol. The molecule has 0 unspecified atom stereocenters. The topological polar surface area (TPSA) is 135 Å². The summed E-state index contributed by atoms with van der Waals surface area (Å²) in [4.78, 5) is 9.25. The summed E-state index contributed by atoms with van der Waals surface area (Å²) in [7, 11) is 4.83. The maximum Gasteiger partial charge on any atom is 0.153 e. The van der Waals surface area contributed by atoms with E-state index in [4.69, 9.17) is 30.8 Å². The van der Waals surface area contributed by atoms with Gasteiger partial charge in [-0.1, -0.05) is 11.6 Å². The molecule has 0 radical (unpaired) electrons. The molecule has 7 rings (SSSR count). The van der Waals surface area contributed by atoms with Crippen LogP contribution < -0.4 is 19.5 Å². The summed E-state index contributed by atoms with van der Waals surface area (Å²) in [6.45, 7) is 0.375. The number of aromatic nitrogens is 5. The number of aryl methyl sites for hydroxylation is 1. The number of rotatable bonds is 9. The Hall–Kier alpha value is -5.85. The molecule has 0 atom stereocenters. The molecule has 3 aromatic heterocycles. The molecule has 0 saturated heterocycles. The largest absolute Gasteiger partial charge is 0.497 e. The normalized spacial score (nSPS) is 12.6. The second kappa shape index (κ2) is 11.8. The third-order valence-corrected chi connectivity index (χ3v) is 8.38. The first-order chi connectivity index (χ1) is 22.8. The Balaban J connectivity index is 1.37. The second-order valence-corrected chi connectivity index (χ2v) is 11.4. The molecule has 3 heterocycles. The summed E-state index contributed by atoms with van der Waals surface area (Å²) >= 11 is 6.34. The molecule has 1 aliphatic carbocycles. The minimum Gasteiger partial charge on any atom is -0.497 e. The second-order valence-electron chi connectivity index (χ2n) is 11.0. The lowest BCUT2D eigenvalue weighted by atomic mass is 9.95.